The second-order valence-electron chi connectivity index (χ2n) is 7.78. The number of carbonyl (C=O) groups excluding carboxylic acids is 1. The van der Waals surface area contributed by atoms with E-state index in [2.05, 4.69) is 15.9 Å². The number of likely N-dealkylation sites (N-methyl/N-ethyl adjacent to an activating group) is 1. The molecular formula is C25H20BrN3O2. The predicted octanol–water partition coefficient (Wildman–Crippen LogP) is 4.51. The number of carbonyl (C=O) groups is 1. The molecule has 1 aliphatic rings. The zero-order valence-electron chi connectivity index (χ0n) is 17.0. The van der Waals surface area contributed by atoms with E-state index in [0.717, 1.165) is 21.3 Å². The summed E-state index contributed by atoms with van der Waals surface area (Å²) >= 11 is 3.52. The van der Waals surface area contributed by atoms with E-state index >= 15 is 0 Å². The summed E-state index contributed by atoms with van der Waals surface area (Å²) < 4.78 is 2.63. The van der Waals surface area contributed by atoms with Gasteiger partial charge in [0.2, 0.25) is 5.91 Å². The highest BCUT2D eigenvalue weighted by atomic mass is 79.9. The summed E-state index contributed by atoms with van der Waals surface area (Å²) in [6.45, 7) is 0.412. The molecule has 0 bridgehead atoms. The maximum Gasteiger partial charge on any atom is 0.261 e. The Kier molecular flexibility index (Phi) is 4.94. The Morgan fingerprint density at radius 2 is 1.71 bits per heavy atom. The average molecular weight is 474 g/mol. The van der Waals surface area contributed by atoms with Crippen LogP contribution < -0.4 is 10.5 Å². The highest BCUT2D eigenvalue weighted by molar-refractivity contribution is 9.10. The molecule has 5 nitrogen and oxygen atoms in total. The van der Waals surface area contributed by atoms with Crippen LogP contribution in [0.1, 0.15) is 22.9 Å². The molecule has 0 saturated heterocycles. The van der Waals surface area contributed by atoms with Gasteiger partial charge >= 0.3 is 0 Å². The fraction of sp³-hybridized carbons (Fsp3) is 0.160. The lowest BCUT2D eigenvalue weighted by molar-refractivity contribution is -0.119. The van der Waals surface area contributed by atoms with Crippen molar-refractivity contribution in [1.29, 1.82) is 0 Å². The van der Waals surface area contributed by atoms with Crippen LogP contribution >= 0.6 is 15.9 Å². The van der Waals surface area contributed by atoms with Crippen molar-refractivity contribution in [3.8, 4) is 0 Å². The van der Waals surface area contributed by atoms with Crippen molar-refractivity contribution in [3.63, 3.8) is 0 Å². The summed E-state index contributed by atoms with van der Waals surface area (Å²) in [5.41, 5.74) is 3.44. The molecule has 5 rings (SSSR count). The lowest BCUT2D eigenvalue weighted by Crippen LogP contribution is -2.30. The van der Waals surface area contributed by atoms with Gasteiger partial charge in [0.25, 0.3) is 5.56 Å². The van der Waals surface area contributed by atoms with E-state index in [9.17, 15) is 9.59 Å². The smallest absolute Gasteiger partial charge is 0.261 e. The van der Waals surface area contributed by atoms with E-state index in [1.54, 1.807) is 22.6 Å². The average Bonchev–Trinajstić information content (AvgIpc) is 3.01. The standard InChI is InChI=1S/C25H20BrN3O2/c1-28-22-12-11-17(26)13-19(22)20(24(28)30)14-23-27-21-10-6-5-9-18(21)25(31)29(23)15-16-7-3-2-4-8-16/h2-13,20H,14-15H2,1H3/t20-/m0/s1. The summed E-state index contributed by atoms with van der Waals surface area (Å²) in [6.07, 6.45) is 0.361. The lowest BCUT2D eigenvalue weighted by Gasteiger charge is -2.17. The third kappa shape index (κ3) is 3.47. The first kappa shape index (κ1) is 19.7. The second-order valence-corrected chi connectivity index (χ2v) is 8.69. The molecule has 0 radical (unpaired) electrons. The van der Waals surface area contributed by atoms with Gasteiger partial charge < -0.3 is 4.90 Å². The number of para-hydroxylation sites is 1. The zero-order valence-corrected chi connectivity index (χ0v) is 18.5. The van der Waals surface area contributed by atoms with Crippen molar-refractivity contribution in [1.82, 2.24) is 9.55 Å². The third-order valence-electron chi connectivity index (χ3n) is 5.87. The molecule has 1 aromatic heterocycles. The van der Waals surface area contributed by atoms with Gasteiger partial charge in [-0.05, 0) is 41.5 Å². The molecule has 6 heteroatoms. The summed E-state index contributed by atoms with van der Waals surface area (Å²) in [7, 11) is 1.79. The molecule has 0 N–H and O–H groups in total. The molecular weight excluding hydrogens is 454 g/mol. The van der Waals surface area contributed by atoms with Crippen molar-refractivity contribution in [2.45, 2.75) is 18.9 Å². The molecule has 0 saturated carbocycles. The van der Waals surface area contributed by atoms with Crippen LogP contribution in [0.15, 0.2) is 82.1 Å². The highest BCUT2D eigenvalue weighted by Gasteiger charge is 2.36. The summed E-state index contributed by atoms with van der Waals surface area (Å²) in [4.78, 5) is 33.0. The van der Waals surface area contributed by atoms with Gasteiger partial charge in [-0.15, -0.1) is 0 Å². The number of rotatable bonds is 4. The number of amides is 1. The van der Waals surface area contributed by atoms with Crippen LogP contribution in [0.2, 0.25) is 0 Å². The zero-order chi connectivity index (χ0) is 21.5. The molecule has 1 atom stereocenters. The summed E-state index contributed by atoms with van der Waals surface area (Å²) in [5, 5.41) is 0.584. The fourth-order valence-corrected chi connectivity index (χ4v) is 4.65. The van der Waals surface area contributed by atoms with Crippen LogP contribution in [-0.2, 0) is 17.8 Å². The van der Waals surface area contributed by atoms with E-state index in [-0.39, 0.29) is 17.4 Å². The SMILES string of the molecule is CN1C(=O)[C@@H](Cc2nc3ccccc3c(=O)n2Cc2ccccc2)c2cc(Br)ccc21. The van der Waals surface area contributed by atoms with Crippen molar-refractivity contribution < 1.29 is 4.79 Å². The van der Waals surface area contributed by atoms with Crippen molar-refractivity contribution in [2.75, 3.05) is 11.9 Å². The van der Waals surface area contributed by atoms with E-state index in [1.165, 1.54) is 0 Å². The highest BCUT2D eigenvalue weighted by Crippen LogP contribution is 2.39. The normalized spacial score (nSPS) is 15.5. The molecule has 3 aromatic carbocycles. The van der Waals surface area contributed by atoms with Crippen molar-refractivity contribution >= 4 is 38.4 Å². The predicted molar refractivity (Wildman–Crippen MR) is 126 cm³/mol. The van der Waals surface area contributed by atoms with Gasteiger partial charge in [0, 0.05) is 23.6 Å². The van der Waals surface area contributed by atoms with Crippen LogP contribution in [0.5, 0.6) is 0 Å². The summed E-state index contributed by atoms with van der Waals surface area (Å²) in [5.74, 6) is 0.251. The van der Waals surface area contributed by atoms with Crippen LogP contribution in [0, 0.1) is 0 Å². The van der Waals surface area contributed by atoms with E-state index < -0.39 is 0 Å². The molecule has 0 spiro atoms. The van der Waals surface area contributed by atoms with Crippen LogP contribution in [-0.4, -0.2) is 22.5 Å². The van der Waals surface area contributed by atoms with Gasteiger partial charge in [-0.25, -0.2) is 4.98 Å². The van der Waals surface area contributed by atoms with Crippen LogP contribution in [0.4, 0.5) is 5.69 Å². The van der Waals surface area contributed by atoms with Crippen LogP contribution in [0.3, 0.4) is 0 Å². The molecule has 154 valence electrons. The van der Waals surface area contributed by atoms with Gasteiger partial charge in [-0.3, -0.25) is 14.2 Å². The number of hydrogen-bond donors (Lipinski definition) is 0. The van der Waals surface area contributed by atoms with Gasteiger partial charge in [0.05, 0.1) is 23.4 Å². The minimum Gasteiger partial charge on any atom is -0.315 e. The topological polar surface area (TPSA) is 55.2 Å². The second kappa shape index (κ2) is 7.78. The Hall–Kier alpha value is -3.25. The minimum absolute atomic E-state index is 0.0155. The van der Waals surface area contributed by atoms with Gasteiger partial charge in [0.1, 0.15) is 5.82 Å². The fourth-order valence-electron chi connectivity index (χ4n) is 4.27. The molecule has 0 unspecified atom stereocenters. The van der Waals surface area contributed by atoms with E-state index in [1.807, 2.05) is 66.7 Å². The number of benzene rings is 3. The first-order valence-corrected chi connectivity index (χ1v) is 10.9. The van der Waals surface area contributed by atoms with Gasteiger partial charge in [0.15, 0.2) is 0 Å². The Balaban J connectivity index is 1.64. The molecule has 4 aromatic rings. The van der Waals surface area contributed by atoms with E-state index in [4.69, 9.17) is 4.98 Å². The minimum atomic E-state index is -0.382. The monoisotopic (exact) mass is 473 g/mol. The number of anilines is 1. The van der Waals surface area contributed by atoms with Crippen LogP contribution in [0.25, 0.3) is 10.9 Å². The first-order chi connectivity index (χ1) is 15.0. The maximum atomic E-state index is 13.4. The number of hydrogen-bond acceptors (Lipinski definition) is 3. The number of aromatic nitrogens is 2. The van der Waals surface area contributed by atoms with Gasteiger partial charge in [-0.2, -0.15) is 0 Å². The van der Waals surface area contributed by atoms with Crippen molar-refractivity contribution in [3.05, 3.63) is 105 Å². The molecule has 31 heavy (non-hydrogen) atoms. The summed E-state index contributed by atoms with van der Waals surface area (Å²) in [6, 6.07) is 23.1. The number of halogens is 1. The maximum absolute atomic E-state index is 13.4. The largest absolute Gasteiger partial charge is 0.315 e. The Bertz CT molecular complexity index is 1360. The molecule has 2 heterocycles. The lowest BCUT2D eigenvalue weighted by atomic mass is 9.96. The first-order valence-electron chi connectivity index (χ1n) is 10.1. The van der Waals surface area contributed by atoms with E-state index in [0.29, 0.717) is 29.7 Å². The quantitative estimate of drug-likeness (QED) is 0.438. The molecule has 1 amide bonds. The number of nitrogens with zero attached hydrogens (tertiary/aromatic N) is 3. The third-order valence-corrected chi connectivity index (χ3v) is 6.36. The van der Waals surface area contributed by atoms with Gasteiger partial charge in [-0.1, -0.05) is 58.4 Å². The Labute approximate surface area is 188 Å². The Morgan fingerprint density at radius 3 is 2.52 bits per heavy atom. The Morgan fingerprint density at radius 1 is 0.968 bits per heavy atom. The molecule has 1 aliphatic heterocycles. The molecule has 0 aliphatic carbocycles. The van der Waals surface area contributed by atoms with Crippen molar-refractivity contribution in [2.24, 2.45) is 0 Å². The molecule has 0 fully saturated rings. The number of fused-ring (bicyclic) bond motifs is 2.